The highest BCUT2D eigenvalue weighted by molar-refractivity contribution is 5.47. The van der Waals surface area contributed by atoms with Gasteiger partial charge in [0.15, 0.2) is 0 Å². The van der Waals surface area contributed by atoms with Gasteiger partial charge in [-0.25, -0.2) is 0 Å². The Kier molecular flexibility index (Phi) is 3.53. The van der Waals surface area contributed by atoms with E-state index in [9.17, 15) is 0 Å². The molecule has 0 bridgehead atoms. The predicted molar refractivity (Wildman–Crippen MR) is 71.4 cm³/mol. The minimum atomic E-state index is 0.440. The molecule has 0 saturated carbocycles. The second kappa shape index (κ2) is 4.92. The van der Waals surface area contributed by atoms with E-state index in [1.165, 1.54) is 22.3 Å². The second-order valence-corrected chi connectivity index (χ2v) is 5.03. The lowest BCUT2D eigenvalue weighted by Gasteiger charge is -2.11. The molecule has 1 atom stereocenters. The number of hydrogen-bond donors (Lipinski definition) is 1. The topological polar surface area (TPSA) is 21.3 Å². The smallest absolute Gasteiger partial charge is 0.124 e. The molecule has 92 valence electrons. The Morgan fingerprint density at radius 2 is 2.24 bits per heavy atom. The zero-order valence-corrected chi connectivity index (χ0v) is 11.1. The quantitative estimate of drug-likeness (QED) is 0.804. The van der Waals surface area contributed by atoms with Gasteiger partial charge in [0, 0.05) is 18.2 Å². The van der Waals surface area contributed by atoms with Crippen LogP contribution in [0.1, 0.15) is 43.5 Å². The third-order valence-corrected chi connectivity index (χ3v) is 3.17. The number of ether oxygens (including phenoxy) is 1. The number of allylic oxidation sites excluding steroid dienone is 1. The molecule has 0 fully saturated rings. The maximum Gasteiger partial charge on any atom is 0.124 e. The van der Waals surface area contributed by atoms with Gasteiger partial charge in [0.25, 0.3) is 0 Å². The van der Waals surface area contributed by atoms with Crippen LogP contribution in [0.3, 0.4) is 0 Å². The highest BCUT2D eigenvalue weighted by atomic mass is 16.5. The van der Waals surface area contributed by atoms with Gasteiger partial charge in [-0.1, -0.05) is 11.6 Å². The van der Waals surface area contributed by atoms with E-state index in [-0.39, 0.29) is 0 Å². The number of hydrogen-bond acceptors (Lipinski definition) is 2. The zero-order valence-electron chi connectivity index (χ0n) is 11.1. The van der Waals surface area contributed by atoms with Crippen molar-refractivity contribution in [1.82, 2.24) is 5.32 Å². The molecule has 1 N–H and O–H groups in total. The maximum atomic E-state index is 5.87. The van der Waals surface area contributed by atoms with Crippen molar-refractivity contribution in [2.45, 2.75) is 40.3 Å². The van der Waals surface area contributed by atoms with Crippen LogP contribution in [-0.2, 0) is 6.54 Å². The van der Waals surface area contributed by atoms with Crippen molar-refractivity contribution in [3.05, 3.63) is 40.5 Å². The van der Waals surface area contributed by atoms with Gasteiger partial charge in [0.2, 0.25) is 0 Å². The molecule has 0 aliphatic carbocycles. The van der Waals surface area contributed by atoms with Crippen molar-refractivity contribution in [1.29, 1.82) is 0 Å². The minimum Gasteiger partial charge on any atom is -0.489 e. The average molecular weight is 231 g/mol. The summed E-state index contributed by atoms with van der Waals surface area (Å²) >= 11 is 0. The molecular formula is C15H21NO. The third-order valence-electron chi connectivity index (χ3n) is 3.17. The fourth-order valence-corrected chi connectivity index (χ4v) is 2.18. The first-order valence-electron chi connectivity index (χ1n) is 6.21. The maximum absolute atomic E-state index is 5.87. The molecule has 2 nitrogen and oxygen atoms in total. The van der Waals surface area contributed by atoms with Crippen LogP contribution in [0.4, 0.5) is 0 Å². The molecule has 1 aliphatic heterocycles. The van der Waals surface area contributed by atoms with Crippen LogP contribution in [0, 0.1) is 6.92 Å². The van der Waals surface area contributed by atoms with Gasteiger partial charge in [0.05, 0.1) is 0 Å². The normalized spacial score (nSPS) is 17.8. The summed E-state index contributed by atoms with van der Waals surface area (Å²) in [5.41, 5.74) is 5.27. The zero-order chi connectivity index (χ0) is 12.4. The monoisotopic (exact) mass is 231 g/mol. The Balaban J connectivity index is 2.23. The van der Waals surface area contributed by atoms with Crippen LogP contribution in [-0.4, -0.2) is 6.61 Å². The number of nitrogens with one attached hydrogen (secondary N) is 1. The van der Waals surface area contributed by atoms with E-state index in [0.717, 1.165) is 12.3 Å². The second-order valence-electron chi connectivity index (χ2n) is 5.03. The standard InChI is InChI=1S/C15H21NO/c1-10(2)5-6-17-15-8-11(3)7-13-12(4)16-9-14(13)15/h5,7-8,12,16H,6,9H2,1-4H3. The van der Waals surface area contributed by atoms with E-state index in [1.54, 1.807) is 0 Å². The molecule has 2 rings (SSSR count). The highest BCUT2D eigenvalue weighted by Crippen LogP contribution is 2.33. The Labute approximate surface area is 104 Å². The van der Waals surface area contributed by atoms with Crippen LogP contribution >= 0.6 is 0 Å². The lowest BCUT2D eigenvalue weighted by atomic mass is 10.0. The molecule has 1 aliphatic rings. The Hall–Kier alpha value is -1.28. The van der Waals surface area contributed by atoms with Gasteiger partial charge in [-0.2, -0.15) is 0 Å². The molecule has 1 heterocycles. The molecule has 1 unspecified atom stereocenters. The van der Waals surface area contributed by atoms with Crippen molar-refractivity contribution < 1.29 is 4.74 Å². The summed E-state index contributed by atoms with van der Waals surface area (Å²) in [7, 11) is 0. The van der Waals surface area contributed by atoms with Crippen molar-refractivity contribution in [2.24, 2.45) is 0 Å². The molecule has 2 heteroatoms. The van der Waals surface area contributed by atoms with E-state index in [2.05, 4.69) is 51.2 Å². The first-order valence-corrected chi connectivity index (χ1v) is 6.21. The number of aryl methyl sites for hydroxylation is 1. The van der Waals surface area contributed by atoms with E-state index < -0.39 is 0 Å². The molecule has 1 aromatic rings. The van der Waals surface area contributed by atoms with E-state index in [0.29, 0.717) is 12.6 Å². The van der Waals surface area contributed by atoms with Gasteiger partial charge < -0.3 is 10.1 Å². The summed E-state index contributed by atoms with van der Waals surface area (Å²) in [4.78, 5) is 0. The summed E-state index contributed by atoms with van der Waals surface area (Å²) < 4.78 is 5.87. The largest absolute Gasteiger partial charge is 0.489 e. The van der Waals surface area contributed by atoms with Gasteiger partial charge in [-0.15, -0.1) is 0 Å². The van der Waals surface area contributed by atoms with Crippen molar-refractivity contribution in [2.75, 3.05) is 6.61 Å². The molecule has 0 radical (unpaired) electrons. The van der Waals surface area contributed by atoms with Crippen molar-refractivity contribution >= 4 is 0 Å². The van der Waals surface area contributed by atoms with Crippen LogP contribution in [0.2, 0.25) is 0 Å². The first kappa shape index (κ1) is 12.2. The van der Waals surface area contributed by atoms with Crippen molar-refractivity contribution in [3.63, 3.8) is 0 Å². The minimum absolute atomic E-state index is 0.440. The van der Waals surface area contributed by atoms with Gasteiger partial charge in [-0.3, -0.25) is 0 Å². The van der Waals surface area contributed by atoms with Crippen LogP contribution in [0.15, 0.2) is 23.8 Å². The first-order chi connectivity index (χ1) is 8.08. The van der Waals surface area contributed by atoms with Gasteiger partial charge in [0.1, 0.15) is 12.4 Å². The fourth-order valence-electron chi connectivity index (χ4n) is 2.18. The lowest BCUT2D eigenvalue weighted by molar-refractivity contribution is 0.358. The fraction of sp³-hybridized carbons (Fsp3) is 0.467. The van der Waals surface area contributed by atoms with E-state index in [4.69, 9.17) is 4.74 Å². The number of benzene rings is 1. The number of fused-ring (bicyclic) bond motifs is 1. The average Bonchev–Trinajstić information content (AvgIpc) is 2.60. The van der Waals surface area contributed by atoms with Crippen LogP contribution in [0.5, 0.6) is 5.75 Å². The Morgan fingerprint density at radius 1 is 1.47 bits per heavy atom. The van der Waals surface area contributed by atoms with E-state index >= 15 is 0 Å². The molecule has 0 amide bonds. The highest BCUT2D eigenvalue weighted by Gasteiger charge is 2.21. The molecule has 0 aromatic heterocycles. The van der Waals surface area contributed by atoms with Crippen LogP contribution in [0.25, 0.3) is 0 Å². The molecule has 1 aromatic carbocycles. The van der Waals surface area contributed by atoms with Gasteiger partial charge >= 0.3 is 0 Å². The SMILES string of the molecule is CC(C)=CCOc1cc(C)cc2c1CNC2C. The molecule has 0 saturated heterocycles. The molecule has 17 heavy (non-hydrogen) atoms. The predicted octanol–water partition coefficient (Wildman–Crippen LogP) is 3.50. The molecule has 0 spiro atoms. The lowest BCUT2D eigenvalue weighted by Crippen LogP contribution is -2.07. The Morgan fingerprint density at radius 3 is 2.94 bits per heavy atom. The van der Waals surface area contributed by atoms with Crippen LogP contribution < -0.4 is 10.1 Å². The van der Waals surface area contributed by atoms with E-state index in [1.807, 2.05) is 0 Å². The summed E-state index contributed by atoms with van der Waals surface area (Å²) in [5.74, 6) is 1.04. The third kappa shape index (κ3) is 2.70. The summed E-state index contributed by atoms with van der Waals surface area (Å²) in [6, 6.07) is 4.83. The summed E-state index contributed by atoms with van der Waals surface area (Å²) in [6.45, 7) is 10.1. The number of rotatable bonds is 3. The molecular weight excluding hydrogens is 210 g/mol. The van der Waals surface area contributed by atoms with Gasteiger partial charge in [-0.05, 0) is 51.0 Å². The Bertz CT molecular complexity index is 444. The summed E-state index contributed by atoms with van der Waals surface area (Å²) in [5, 5.41) is 3.46. The summed E-state index contributed by atoms with van der Waals surface area (Å²) in [6.07, 6.45) is 2.11. The van der Waals surface area contributed by atoms with Crippen molar-refractivity contribution in [3.8, 4) is 5.75 Å².